The number of hydrogen-bond acceptors (Lipinski definition) is 5. The van der Waals surface area contributed by atoms with E-state index in [-0.39, 0.29) is 11.7 Å². The Morgan fingerprint density at radius 3 is 2.62 bits per heavy atom. The first kappa shape index (κ1) is 20.3. The lowest BCUT2D eigenvalue weighted by atomic mass is 10.0. The van der Waals surface area contributed by atoms with Crippen molar-refractivity contribution in [1.29, 1.82) is 5.26 Å². The van der Waals surface area contributed by atoms with Crippen LogP contribution in [0.2, 0.25) is 0 Å². The summed E-state index contributed by atoms with van der Waals surface area (Å²) in [6.07, 6.45) is 3.36. The molecule has 1 fully saturated rings. The van der Waals surface area contributed by atoms with Crippen molar-refractivity contribution < 1.29 is 4.79 Å². The second-order valence-corrected chi connectivity index (χ2v) is 8.93. The topological polar surface area (TPSA) is 99.4 Å². The van der Waals surface area contributed by atoms with E-state index in [1.54, 1.807) is 0 Å². The Bertz CT molecular complexity index is 1260. The largest absolute Gasteiger partial charge is 0.352 e. The summed E-state index contributed by atoms with van der Waals surface area (Å²) in [5.41, 5.74) is 2.07. The number of benzene rings is 2. The zero-order valence-corrected chi connectivity index (χ0v) is 18.2. The fraction of sp³-hybridized carbons (Fsp3) is 0.250. The fourth-order valence-corrected chi connectivity index (χ4v) is 4.97. The molecule has 2 aromatic carbocycles. The van der Waals surface area contributed by atoms with Gasteiger partial charge in [-0.2, -0.15) is 5.26 Å². The lowest BCUT2D eigenvalue weighted by Gasteiger charge is -2.21. The first-order valence-corrected chi connectivity index (χ1v) is 11.6. The maximum absolute atomic E-state index is 12.6. The number of thioether (sulfide) groups is 1. The summed E-state index contributed by atoms with van der Waals surface area (Å²) < 4.78 is 1.96. The molecule has 1 aliphatic rings. The first-order valence-electron chi connectivity index (χ1n) is 10.6. The average Bonchev–Trinajstić information content (AvgIpc) is 3.56. The van der Waals surface area contributed by atoms with Gasteiger partial charge in [-0.05, 0) is 49.9 Å². The molecule has 2 heterocycles. The number of carbonyl (C=O) groups is 1. The van der Waals surface area contributed by atoms with Gasteiger partial charge in [0.05, 0.1) is 17.5 Å². The molecule has 0 unspecified atom stereocenters. The van der Waals surface area contributed by atoms with E-state index in [1.165, 1.54) is 11.8 Å². The molecule has 2 aromatic heterocycles. The molecule has 2 N–H and O–H groups in total. The van der Waals surface area contributed by atoms with E-state index in [1.807, 2.05) is 59.2 Å². The van der Waals surface area contributed by atoms with Crippen molar-refractivity contribution in [2.45, 2.75) is 36.4 Å². The Labute approximate surface area is 189 Å². The summed E-state index contributed by atoms with van der Waals surface area (Å²) in [5.74, 6) is 0.689. The van der Waals surface area contributed by atoms with Crippen LogP contribution < -0.4 is 5.32 Å². The van der Waals surface area contributed by atoms with E-state index >= 15 is 0 Å². The normalized spacial score (nSPS) is 15.0. The molecule has 8 heteroatoms. The molecule has 4 aromatic rings. The van der Waals surface area contributed by atoms with E-state index in [0.29, 0.717) is 23.8 Å². The van der Waals surface area contributed by atoms with Crippen molar-refractivity contribution in [3.05, 3.63) is 60.7 Å². The van der Waals surface area contributed by atoms with Gasteiger partial charge in [-0.1, -0.05) is 48.2 Å². The highest BCUT2D eigenvalue weighted by molar-refractivity contribution is 7.99. The van der Waals surface area contributed by atoms with Gasteiger partial charge in [-0.15, -0.1) is 10.2 Å². The SMILES string of the molecule is N#CC1(NC(=O)CSc2nnc(-c3cc4ccccc4[nH]3)n2-c2ccccc2)CCCC1. The predicted octanol–water partition coefficient (Wildman–Crippen LogP) is 4.46. The van der Waals surface area contributed by atoms with Crippen LogP contribution in [-0.4, -0.2) is 36.9 Å². The van der Waals surface area contributed by atoms with Crippen LogP contribution in [0.4, 0.5) is 0 Å². The minimum absolute atomic E-state index is 0.159. The standard InChI is InChI=1S/C24H22N6OS/c25-16-24(12-6-7-13-24)27-21(31)15-32-23-29-28-22(30(23)18-9-2-1-3-10-18)20-14-17-8-4-5-11-19(17)26-20/h1-5,8-11,14,26H,6-7,12-13,15H2,(H,27,31). The molecular weight excluding hydrogens is 420 g/mol. The molecule has 32 heavy (non-hydrogen) atoms. The molecule has 0 saturated heterocycles. The highest BCUT2D eigenvalue weighted by Gasteiger charge is 2.35. The van der Waals surface area contributed by atoms with Gasteiger partial charge in [0.2, 0.25) is 5.91 Å². The first-order chi connectivity index (χ1) is 15.7. The number of nitriles is 1. The van der Waals surface area contributed by atoms with Gasteiger partial charge in [0.25, 0.3) is 0 Å². The quantitative estimate of drug-likeness (QED) is 0.430. The van der Waals surface area contributed by atoms with Gasteiger partial charge >= 0.3 is 0 Å². The number of aromatic amines is 1. The number of H-pyrrole nitrogens is 1. The molecule has 0 atom stereocenters. The number of carbonyl (C=O) groups excluding carboxylic acids is 1. The highest BCUT2D eigenvalue weighted by Crippen LogP contribution is 2.31. The lowest BCUT2D eigenvalue weighted by molar-refractivity contribution is -0.119. The molecule has 1 amide bonds. The van der Waals surface area contributed by atoms with Crippen LogP contribution in [-0.2, 0) is 4.79 Å². The van der Waals surface area contributed by atoms with Crippen molar-refractivity contribution in [3.63, 3.8) is 0 Å². The fourth-order valence-electron chi connectivity index (χ4n) is 4.22. The van der Waals surface area contributed by atoms with Gasteiger partial charge in [0.15, 0.2) is 11.0 Å². The Hall–Kier alpha value is -3.57. The van der Waals surface area contributed by atoms with E-state index in [0.717, 1.165) is 35.1 Å². The molecule has 0 radical (unpaired) electrons. The lowest BCUT2D eigenvalue weighted by Crippen LogP contribution is -2.45. The predicted molar refractivity (Wildman–Crippen MR) is 124 cm³/mol. The Morgan fingerprint density at radius 1 is 1.12 bits per heavy atom. The molecule has 1 saturated carbocycles. The van der Waals surface area contributed by atoms with Crippen LogP contribution in [0.3, 0.4) is 0 Å². The summed E-state index contributed by atoms with van der Waals surface area (Å²) in [6.45, 7) is 0. The Balaban J connectivity index is 1.44. The van der Waals surface area contributed by atoms with Crippen molar-refractivity contribution >= 4 is 28.6 Å². The van der Waals surface area contributed by atoms with E-state index < -0.39 is 5.54 Å². The van der Waals surface area contributed by atoms with E-state index in [4.69, 9.17) is 0 Å². The third-order valence-electron chi connectivity index (χ3n) is 5.80. The molecule has 5 rings (SSSR count). The maximum Gasteiger partial charge on any atom is 0.231 e. The number of para-hydroxylation sites is 2. The third kappa shape index (κ3) is 3.87. The smallest absolute Gasteiger partial charge is 0.231 e. The number of aromatic nitrogens is 4. The van der Waals surface area contributed by atoms with Crippen molar-refractivity contribution in [2.24, 2.45) is 0 Å². The minimum atomic E-state index is -0.722. The Kier molecular flexibility index (Phi) is 5.41. The van der Waals surface area contributed by atoms with Gasteiger partial charge in [-0.3, -0.25) is 9.36 Å². The second kappa shape index (κ2) is 8.52. The third-order valence-corrected chi connectivity index (χ3v) is 6.73. The average molecular weight is 443 g/mol. The molecule has 7 nitrogen and oxygen atoms in total. The zero-order valence-electron chi connectivity index (χ0n) is 17.4. The van der Waals surface area contributed by atoms with E-state index in [2.05, 4.69) is 32.6 Å². The molecular formula is C24H22N6OS. The number of nitrogens with one attached hydrogen (secondary N) is 2. The second-order valence-electron chi connectivity index (χ2n) is 7.99. The number of amides is 1. The zero-order chi connectivity index (χ0) is 22.0. The van der Waals surface area contributed by atoms with Crippen molar-refractivity contribution in [1.82, 2.24) is 25.1 Å². The molecule has 160 valence electrons. The van der Waals surface area contributed by atoms with Crippen LogP contribution in [0, 0.1) is 11.3 Å². The van der Waals surface area contributed by atoms with Gasteiger partial charge in [0.1, 0.15) is 5.54 Å². The number of fused-ring (bicyclic) bond motifs is 1. The molecule has 0 spiro atoms. The van der Waals surface area contributed by atoms with Crippen LogP contribution in [0.15, 0.2) is 65.8 Å². The summed E-state index contributed by atoms with van der Waals surface area (Å²) in [4.78, 5) is 16.0. The van der Waals surface area contributed by atoms with Gasteiger partial charge in [-0.25, -0.2) is 0 Å². The van der Waals surface area contributed by atoms with E-state index in [9.17, 15) is 10.1 Å². The summed E-state index contributed by atoms with van der Waals surface area (Å²) >= 11 is 1.32. The Morgan fingerprint density at radius 2 is 1.88 bits per heavy atom. The monoisotopic (exact) mass is 442 g/mol. The van der Waals surface area contributed by atoms with Gasteiger partial charge in [0, 0.05) is 16.6 Å². The minimum Gasteiger partial charge on any atom is -0.352 e. The maximum atomic E-state index is 12.6. The molecule has 0 bridgehead atoms. The van der Waals surface area contributed by atoms with Crippen LogP contribution >= 0.6 is 11.8 Å². The number of nitrogens with zero attached hydrogens (tertiary/aromatic N) is 4. The van der Waals surface area contributed by atoms with Crippen LogP contribution in [0.5, 0.6) is 0 Å². The van der Waals surface area contributed by atoms with Gasteiger partial charge < -0.3 is 10.3 Å². The summed E-state index contributed by atoms with van der Waals surface area (Å²) in [7, 11) is 0. The summed E-state index contributed by atoms with van der Waals surface area (Å²) in [5, 5.41) is 23.0. The van der Waals surface area contributed by atoms with Crippen molar-refractivity contribution in [3.8, 4) is 23.3 Å². The number of hydrogen-bond donors (Lipinski definition) is 2. The van der Waals surface area contributed by atoms with Crippen LogP contribution in [0.25, 0.3) is 28.1 Å². The number of rotatable bonds is 6. The highest BCUT2D eigenvalue weighted by atomic mass is 32.2. The molecule has 0 aliphatic heterocycles. The van der Waals surface area contributed by atoms with Crippen LogP contribution in [0.1, 0.15) is 25.7 Å². The molecule has 1 aliphatic carbocycles. The van der Waals surface area contributed by atoms with Crippen molar-refractivity contribution in [2.75, 3.05) is 5.75 Å². The summed E-state index contributed by atoms with van der Waals surface area (Å²) in [6, 6.07) is 22.3.